The van der Waals surface area contributed by atoms with Gasteiger partial charge in [-0.25, -0.2) is 0 Å². The number of nitrogens with one attached hydrogen (secondary N) is 1. The molecule has 2 heterocycles. The summed E-state index contributed by atoms with van der Waals surface area (Å²) >= 11 is 0. The van der Waals surface area contributed by atoms with E-state index in [1.807, 2.05) is 55.8 Å². The highest BCUT2D eigenvalue weighted by Crippen LogP contribution is 2.37. The van der Waals surface area contributed by atoms with Gasteiger partial charge in [-0.15, -0.1) is 0 Å². The molecule has 1 amide bonds. The largest absolute Gasteiger partial charge is 0.454 e. The van der Waals surface area contributed by atoms with Crippen molar-refractivity contribution in [3.05, 3.63) is 77.6 Å². The van der Waals surface area contributed by atoms with Crippen molar-refractivity contribution >= 4 is 5.91 Å². The van der Waals surface area contributed by atoms with Crippen LogP contribution >= 0.6 is 0 Å². The van der Waals surface area contributed by atoms with E-state index < -0.39 is 0 Å². The Balaban J connectivity index is 1.45. The van der Waals surface area contributed by atoms with Crippen LogP contribution in [-0.2, 0) is 18.3 Å². The fourth-order valence-corrected chi connectivity index (χ4v) is 3.45. The number of rotatable bonds is 7. The number of nitrogens with zero attached hydrogens (tertiary/aromatic N) is 2. The summed E-state index contributed by atoms with van der Waals surface area (Å²) in [6, 6.07) is 16.0. The van der Waals surface area contributed by atoms with Crippen LogP contribution < -0.4 is 14.8 Å². The van der Waals surface area contributed by atoms with Crippen molar-refractivity contribution in [2.45, 2.75) is 18.8 Å². The zero-order chi connectivity index (χ0) is 19.3. The Kier molecular flexibility index (Phi) is 5.28. The first-order chi connectivity index (χ1) is 13.7. The van der Waals surface area contributed by atoms with Crippen LogP contribution in [0.3, 0.4) is 0 Å². The average molecular weight is 377 g/mol. The maximum absolute atomic E-state index is 12.6. The number of fused-ring (bicyclic) bond motifs is 1. The standard InChI is InChI=1S/C22H23N3O3/c1-25-14-16(13-24-25)9-10-23-22(26)12-19(17-5-3-2-4-6-17)18-7-8-20-21(11-18)28-15-27-20/h2-8,11,13-14,19H,9-10,12,15H2,1H3,(H,23,26)/t19-/m0/s1. The van der Waals surface area contributed by atoms with E-state index >= 15 is 0 Å². The normalized spacial score (nSPS) is 13.3. The highest BCUT2D eigenvalue weighted by Gasteiger charge is 2.21. The molecule has 144 valence electrons. The van der Waals surface area contributed by atoms with Gasteiger partial charge in [-0.1, -0.05) is 36.4 Å². The van der Waals surface area contributed by atoms with Gasteiger partial charge in [0.2, 0.25) is 12.7 Å². The Bertz CT molecular complexity index is 953. The van der Waals surface area contributed by atoms with Crippen molar-refractivity contribution in [2.75, 3.05) is 13.3 Å². The molecule has 1 aromatic heterocycles. The lowest BCUT2D eigenvalue weighted by atomic mass is 9.88. The number of aryl methyl sites for hydroxylation is 1. The first kappa shape index (κ1) is 18.1. The van der Waals surface area contributed by atoms with E-state index in [9.17, 15) is 4.79 Å². The van der Waals surface area contributed by atoms with Gasteiger partial charge in [0.25, 0.3) is 0 Å². The van der Waals surface area contributed by atoms with Gasteiger partial charge >= 0.3 is 0 Å². The summed E-state index contributed by atoms with van der Waals surface area (Å²) in [4.78, 5) is 12.6. The highest BCUT2D eigenvalue weighted by molar-refractivity contribution is 5.77. The van der Waals surface area contributed by atoms with Crippen molar-refractivity contribution in [3.63, 3.8) is 0 Å². The maximum atomic E-state index is 12.6. The summed E-state index contributed by atoms with van der Waals surface area (Å²) < 4.78 is 12.7. The fourth-order valence-electron chi connectivity index (χ4n) is 3.45. The van der Waals surface area contributed by atoms with Crippen LogP contribution in [0.4, 0.5) is 0 Å². The minimum absolute atomic E-state index is 0.0235. The first-order valence-electron chi connectivity index (χ1n) is 9.38. The molecule has 0 fully saturated rings. The van der Waals surface area contributed by atoms with Gasteiger partial charge in [-0.2, -0.15) is 5.10 Å². The van der Waals surface area contributed by atoms with Crippen LogP contribution in [0.15, 0.2) is 60.9 Å². The monoisotopic (exact) mass is 377 g/mol. The van der Waals surface area contributed by atoms with Gasteiger partial charge in [0.1, 0.15) is 0 Å². The molecule has 4 rings (SSSR count). The number of aromatic nitrogens is 2. The molecule has 2 aromatic carbocycles. The minimum atomic E-state index is -0.0471. The molecular formula is C22H23N3O3. The van der Waals surface area contributed by atoms with E-state index in [4.69, 9.17) is 9.47 Å². The second-order valence-electron chi connectivity index (χ2n) is 6.90. The third-order valence-electron chi connectivity index (χ3n) is 4.88. The Hall–Kier alpha value is -3.28. The van der Waals surface area contributed by atoms with Crippen LogP contribution in [0, 0.1) is 0 Å². The predicted molar refractivity (Wildman–Crippen MR) is 105 cm³/mol. The number of amides is 1. The molecule has 1 aliphatic heterocycles. The topological polar surface area (TPSA) is 65.4 Å². The number of ether oxygens (including phenoxy) is 2. The maximum Gasteiger partial charge on any atom is 0.231 e. The summed E-state index contributed by atoms with van der Waals surface area (Å²) in [5.74, 6) is 1.46. The van der Waals surface area contributed by atoms with Crippen molar-refractivity contribution in [1.82, 2.24) is 15.1 Å². The summed E-state index contributed by atoms with van der Waals surface area (Å²) in [7, 11) is 1.89. The smallest absolute Gasteiger partial charge is 0.231 e. The Morgan fingerprint density at radius 2 is 1.96 bits per heavy atom. The van der Waals surface area contributed by atoms with Gasteiger partial charge < -0.3 is 14.8 Å². The van der Waals surface area contributed by atoms with Crippen LogP contribution in [0.1, 0.15) is 29.0 Å². The molecule has 1 N–H and O–H groups in total. The molecule has 0 unspecified atom stereocenters. The quantitative estimate of drug-likeness (QED) is 0.687. The van der Waals surface area contributed by atoms with E-state index in [1.54, 1.807) is 4.68 Å². The van der Waals surface area contributed by atoms with E-state index in [1.165, 1.54) is 0 Å². The Labute approximate surface area is 164 Å². The van der Waals surface area contributed by atoms with Crippen molar-refractivity contribution in [3.8, 4) is 11.5 Å². The third-order valence-corrected chi connectivity index (χ3v) is 4.88. The van der Waals surface area contributed by atoms with E-state index in [0.717, 1.165) is 34.6 Å². The molecular weight excluding hydrogens is 354 g/mol. The first-order valence-corrected chi connectivity index (χ1v) is 9.38. The predicted octanol–water partition coefficient (Wildman–Crippen LogP) is 3.03. The lowest BCUT2D eigenvalue weighted by molar-refractivity contribution is -0.121. The molecule has 1 aliphatic rings. The lowest BCUT2D eigenvalue weighted by Crippen LogP contribution is -2.27. The number of benzene rings is 2. The summed E-state index contributed by atoms with van der Waals surface area (Å²) in [5.41, 5.74) is 3.25. The molecule has 0 saturated heterocycles. The van der Waals surface area contributed by atoms with Gasteiger partial charge in [-0.3, -0.25) is 9.48 Å². The molecule has 0 aliphatic carbocycles. The van der Waals surface area contributed by atoms with E-state index in [0.29, 0.717) is 13.0 Å². The molecule has 0 bridgehead atoms. The number of hydrogen-bond acceptors (Lipinski definition) is 4. The molecule has 3 aromatic rings. The Morgan fingerprint density at radius 1 is 1.14 bits per heavy atom. The summed E-state index contributed by atoms with van der Waals surface area (Å²) in [5, 5.41) is 7.18. The summed E-state index contributed by atoms with van der Waals surface area (Å²) in [6.07, 6.45) is 4.92. The van der Waals surface area contributed by atoms with E-state index in [-0.39, 0.29) is 18.6 Å². The Morgan fingerprint density at radius 3 is 2.75 bits per heavy atom. The van der Waals surface area contributed by atoms with Crippen LogP contribution in [-0.4, -0.2) is 29.0 Å². The van der Waals surface area contributed by atoms with Crippen molar-refractivity contribution < 1.29 is 14.3 Å². The number of hydrogen-bond donors (Lipinski definition) is 1. The average Bonchev–Trinajstić information content (AvgIpc) is 3.35. The van der Waals surface area contributed by atoms with Crippen LogP contribution in [0.5, 0.6) is 11.5 Å². The number of carbonyl (C=O) groups is 1. The molecule has 1 atom stereocenters. The highest BCUT2D eigenvalue weighted by atomic mass is 16.7. The molecule has 6 nitrogen and oxygen atoms in total. The number of carbonyl (C=O) groups excluding carboxylic acids is 1. The van der Waals surface area contributed by atoms with Crippen LogP contribution in [0.25, 0.3) is 0 Å². The van der Waals surface area contributed by atoms with Crippen molar-refractivity contribution in [1.29, 1.82) is 0 Å². The van der Waals surface area contributed by atoms with Crippen molar-refractivity contribution in [2.24, 2.45) is 7.05 Å². The van der Waals surface area contributed by atoms with E-state index in [2.05, 4.69) is 22.5 Å². The minimum Gasteiger partial charge on any atom is -0.454 e. The SMILES string of the molecule is Cn1cc(CCNC(=O)C[C@@H](c2ccccc2)c2ccc3c(c2)OCO3)cn1. The molecule has 0 spiro atoms. The second kappa shape index (κ2) is 8.17. The van der Waals surface area contributed by atoms with Gasteiger partial charge in [0, 0.05) is 32.1 Å². The molecule has 0 radical (unpaired) electrons. The van der Waals surface area contributed by atoms with Gasteiger partial charge in [-0.05, 0) is 35.2 Å². The fraction of sp³-hybridized carbons (Fsp3) is 0.273. The summed E-state index contributed by atoms with van der Waals surface area (Å²) in [6.45, 7) is 0.830. The third kappa shape index (κ3) is 4.17. The van der Waals surface area contributed by atoms with Gasteiger partial charge in [0.05, 0.1) is 6.20 Å². The molecule has 6 heteroatoms. The van der Waals surface area contributed by atoms with Gasteiger partial charge in [0.15, 0.2) is 11.5 Å². The zero-order valence-electron chi connectivity index (χ0n) is 15.8. The van der Waals surface area contributed by atoms with Crippen LogP contribution in [0.2, 0.25) is 0 Å². The molecule has 0 saturated carbocycles. The second-order valence-corrected chi connectivity index (χ2v) is 6.90. The molecule has 28 heavy (non-hydrogen) atoms. The lowest BCUT2D eigenvalue weighted by Gasteiger charge is -2.18. The zero-order valence-corrected chi connectivity index (χ0v) is 15.8.